The third-order valence-electron chi connectivity index (χ3n) is 3.22. The summed E-state index contributed by atoms with van der Waals surface area (Å²) in [6.07, 6.45) is 0. The van der Waals surface area contributed by atoms with Crippen LogP contribution in [0.25, 0.3) is 11.1 Å². The second kappa shape index (κ2) is 4.67. The summed E-state index contributed by atoms with van der Waals surface area (Å²) in [5.74, 6) is 0.524. The van der Waals surface area contributed by atoms with Crippen LogP contribution in [0.1, 0.15) is 17.0 Å². The lowest BCUT2D eigenvalue weighted by molar-refractivity contribution is 0.987. The van der Waals surface area contributed by atoms with Crippen LogP contribution in [0.5, 0.6) is 0 Å². The maximum atomic E-state index is 3.57. The number of alkyl halides is 1. The molecule has 3 heteroatoms. The van der Waals surface area contributed by atoms with Crippen LogP contribution in [0.3, 0.4) is 0 Å². The molecule has 0 N–H and O–H groups in total. The van der Waals surface area contributed by atoms with Crippen LogP contribution >= 0.6 is 54.5 Å². The SMILES string of the molecule is Brc1ccc2c(c1)C(CI)c1cc(Br)ccc1-2. The van der Waals surface area contributed by atoms with E-state index in [2.05, 4.69) is 90.8 Å². The highest BCUT2D eigenvalue weighted by Gasteiger charge is 2.27. The summed E-state index contributed by atoms with van der Waals surface area (Å²) in [4.78, 5) is 0. The molecular formula is C14H9Br2I. The van der Waals surface area contributed by atoms with Gasteiger partial charge < -0.3 is 0 Å². The predicted octanol–water partition coefficient (Wildman–Crippen LogP) is 5.76. The van der Waals surface area contributed by atoms with Crippen LogP contribution in [-0.2, 0) is 0 Å². The first-order valence-corrected chi connectivity index (χ1v) is 8.47. The molecule has 0 fully saturated rings. The Morgan fingerprint density at radius 2 is 1.35 bits per heavy atom. The highest BCUT2D eigenvalue weighted by molar-refractivity contribution is 14.1. The lowest BCUT2D eigenvalue weighted by Gasteiger charge is -2.09. The number of rotatable bonds is 1. The Kier molecular flexibility index (Phi) is 3.34. The van der Waals surface area contributed by atoms with E-state index in [1.165, 1.54) is 22.3 Å². The predicted molar refractivity (Wildman–Crippen MR) is 88.0 cm³/mol. The van der Waals surface area contributed by atoms with Gasteiger partial charge in [-0.1, -0.05) is 66.6 Å². The fraction of sp³-hybridized carbons (Fsp3) is 0.143. The number of benzene rings is 2. The molecule has 17 heavy (non-hydrogen) atoms. The summed E-state index contributed by atoms with van der Waals surface area (Å²) in [7, 11) is 0. The molecule has 0 saturated carbocycles. The lowest BCUT2D eigenvalue weighted by atomic mass is 10.00. The van der Waals surface area contributed by atoms with Crippen molar-refractivity contribution in [3.05, 3.63) is 56.5 Å². The highest BCUT2D eigenvalue weighted by Crippen LogP contribution is 2.47. The number of halogens is 3. The van der Waals surface area contributed by atoms with E-state index in [0.717, 1.165) is 13.4 Å². The molecule has 0 nitrogen and oxygen atoms in total. The van der Waals surface area contributed by atoms with Gasteiger partial charge >= 0.3 is 0 Å². The van der Waals surface area contributed by atoms with Gasteiger partial charge in [0.2, 0.25) is 0 Å². The third kappa shape index (κ3) is 2.00. The zero-order chi connectivity index (χ0) is 12.0. The monoisotopic (exact) mass is 462 g/mol. The molecule has 2 aromatic rings. The van der Waals surface area contributed by atoms with Crippen LogP contribution < -0.4 is 0 Å². The molecule has 86 valence electrons. The molecule has 2 aromatic carbocycles. The van der Waals surface area contributed by atoms with E-state index in [1.807, 2.05) is 0 Å². The average molecular weight is 464 g/mol. The van der Waals surface area contributed by atoms with E-state index in [0.29, 0.717) is 5.92 Å². The Balaban J connectivity index is 2.28. The molecule has 0 amide bonds. The van der Waals surface area contributed by atoms with Crippen LogP contribution in [-0.4, -0.2) is 4.43 Å². The van der Waals surface area contributed by atoms with E-state index in [9.17, 15) is 0 Å². The first-order valence-electron chi connectivity index (χ1n) is 5.36. The van der Waals surface area contributed by atoms with Crippen LogP contribution in [0.2, 0.25) is 0 Å². The molecule has 1 aliphatic rings. The van der Waals surface area contributed by atoms with Crippen molar-refractivity contribution < 1.29 is 0 Å². The van der Waals surface area contributed by atoms with Crippen molar-refractivity contribution in [2.45, 2.75) is 5.92 Å². The summed E-state index contributed by atoms with van der Waals surface area (Å²) in [5.41, 5.74) is 5.67. The fourth-order valence-corrected chi connectivity index (χ4v) is 4.17. The Morgan fingerprint density at radius 3 is 1.76 bits per heavy atom. The second-order valence-electron chi connectivity index (χ2n) is 4.17. The molecule has 0 aromatic heterocycles. The zero-order valence-electron chi connectivity index (χ0n) is 8.88. The van der Waals surface area contributed by atoms with Crippen molar-refractivity contribution >= 4 is 54.5 Å². The van der Waals surface area contributed by atoms with Crippen LogP contribution in [0, 0.1) is 0 Å². The zero-order valence-corrected chi connectivity index (χ0v) is 14.2. The van der Waals surface area contributed by atoms with Gasteiger partial charge in [-0.05, 0) is 46.5 Å². The van der Waals surface area contributed by atoms with Crippen molar-refractivity contribution in [2.24, 2.45) is 0 Å². The quantitative estimate of drug-likeness (QED) is 0.372. The van der Waals surface area contributed by atoms with Gasteiger partial charge in [-0.25, -0.2) is 0 Å². The molecule has 0 saturated heterocycles. The van der Waals surface area contributed by atoms with Crippen molar-refractivity contribution in [2.75, 3.05) is 4.43 Å². The summed E-state index contributed by atoms with van der Waals surface area (Å²) < 4.78 is 3.45. The maximum absolute atomic E-state index is 3.57. The van der Waals surface area contributed by atoms with E-state index in [4.69, 9.17) is 0 Å². The summed E-state index contributed by atoms with van der Waals surface area (Å²) in [5, 5.41) is 0. The lowest BCUT2D eigenvalue weighted by Crippen LogP contribution is -1.97. The van der Waals surface area contributed by atoms with Crippen molar-refractivity contribution in [1.29, 1.82) is 0 Å². The minimum atomic E-state index is 0.524. The van der Waals surface area contributed by atoms with Gasteiger partial charge in [0, 0.05) is 19.3 Å². The largest absolute Gasteiger partial charge is 0.0853 e. The summed E-state index contributed by atoms with van der Waals surface area (Å²) in [6, 6.07) is 13.2. The smallest absolute Gasteiger partial charge is 0.0192 e. The van der Waals surface area contributed by atoms with E-state index < -0.39 is 0 Å². The Morgan fingerprint density at radius 1 is 0.882 bits per heavy atom. The maximum Gasteiger partial charge on any atom is 0.0192 e. The molecule has 0 bridgehead atoms. The molecule has 0 radical (unpaired) electrons. The van der Waals surface area contributed by atoms with Crippen LogP contribution in [0.15, 0.2) is 45.3 Å². The van der Waals surface area contributed by atoms with E-state index in [1.54, 1.807) is 0 Å². The van der Waals surface area contributed by atoms with Crippen molar-refractivity contribution in [1.82, 2.24) is 0 Å². The average Bonchev–Trinajstić information content (AvgIpc) is 2.60. The molecule has 0 aliphatic heterocycles. The molecular weight excluding hydrogens is 455 g/mol. The standard InChI is InChI=1S/C14H9Br2I/c15-8-1-3-10-11-4-2-9(16)6-13(11)14(7-17)12(10)5-8/h1-6,14H,7H2. The number of hydrogen-bond donors (Lipinski definition) is 0. The first-order chi connectivity index (χ1) is 8.20. The normalized spacial score (nSPS) is 13.6. The van der Waals surface area contributed by atoms with Gasteiger partial charge in [0.25, 0.3) is 0 Å². The topological polar surface area (TPSA) is 0 Å². The molecule has 1 aliphatic carbocycles. The van der Waals surface area contributed by atoms with Gasteiger partial charge in [-0.15, -0.1) is 0 Å². The number of hydrogen-bond acceptors (Lipinski definition) is 0. The minimum absolute atomic E-state index is 0.524. The second-order valence-corrected chi connectivity index (χ2v) is 6.88. The highest BCUT2D eigenvalue weighted by atomic mass is 127. The fourth-order valence-electron chi connectivity index (χ4n) is 2.47. The van der Waals surface area contributed by atoms with E-state index in [-0.39, 0.29) is 0 Å². The molecule has 0 heterocycles. The van der Waals surface area contributed by atoms with Gasteiger partial charge in [0.1, 0.15) is 0 Å². The Labute approximate surface area is 131 Å². The summed E-state index contributed by atoms with van der Waals surface area (Å²) >= 11 is 9.61. The van der Waals surface area contributed by atoms with Gasteiger partial charge in [-0.2, -0.15) is 0 Å². The van der Waals surface area contributed by atoms with Crippen molar-refractivity contribution in [3.63, 3.8) is 0 Å². The molecule has 0 atom stereocenters. The molecule has 0 spiro atoms. The third-order valence-corrected chi connectivity index (χ3v) is 5.09. The van der Waals surface area contributed by atoms with E-state index >= 15 is 0 Å². The molecule has 0 unspecified atom stereocenters. The first kappa shape index (κ1) is 12.2. The van der Waals surface area contributed by atoms with Gasteiger partial charge in [0.05, 0.1) is 0 Å². The van der Waals surface area contributed by atoms with Crippen molar-refractivity contribution in [3.8, 4) is 11.1 Å². The van der Waals surface area contributed by atoms with Crippen LogP contribution in [0.4, 0.5) is 0 Å². The molecule has 3 rings (SSSR count). The Hall–Kier alpha value is 0.130. The van der Waals surface area contributed by atoms with Gasteiger partial charge in [0.15, 0.2) is 0 Å². The Bertz CT molecular complexity index is 541. The number of fused-ring (bicyclic) bond motifs is 3. The van der Waals surface area contributed by atoms with Gasteiger partial charge in [-0.3, -0.25) is 0 Å². The summed E-state index contributed by atoms with van der Waals surface area (Å²) in [6.45, 7) is 0. The minimum Gasteiger partial charge on any atom is -0.0853 e.